The molecule has 0 bridgehead atoms. The summed E-state index contributed by atoms with van der Waals surface area (Å²) in [7, 11) is 0. The Morgan fingerprint density at radius 1 is 1.20 bits per heavy atom. The molecular weight excluding hydrogens is 468 g/mol. The molecule has 1 saturated carbocycles. The standard InChI is InChI=1S/C25H31ClN6O3/c1-13(2)27-11-18(16-5-7-17(26)8-6-16)24(33)32-10-9-31(20-14(3)21(20)32)23-19-15(4)35-25(34)30-22(19)28-12-29-23/h5-8,12-15,18,20-21,27H,9-11H2,1-4H3,(H,28,29,30,34)/t14-,15-,18+,20+,21-/m0/s1. The second-order valence-corrected chi connectivity index (χ2v) is 10.3. The summed E-state index contributed by atoms with van der Waals surface area (Å²) in [6.45, 7) is 9.97. The zero-order valence-corrected chi connectivity index (χ0v) is 21.1. The largest absolute Gasteiger partial charge is 0.441 e. The number of cyclic esters (lactones) is 1. The summed E-state index contributed by atoms with van der Waals surface area (Å²) in [6, 6.07) is 8.10. The summed E-state index contributed by atoms with van der Waals surface area (Å²) >= 11 is 6.11. The molecular formula is C25H31ClN6O3. The van der Waals surface area contributed by atoms with Gasteiger partial charge in [-0.05, 0) is 24.6 Å². The van der Waals surface area contributed by atoms with Gasteiger partial charge in [0.2, 0.25) is 5.91 Å². The van der Waals surface area contributed by atoms with Gasteiger partial charge in [-0.1, -0.05) is 44.5 Å². The maximum Gasteiger partial charge on any atom is 0.413 e. The van der Waals surface area contributed by atoms with E-state index in [1.54, 1.807) is 0 Å². The van der Waals surface area contributed by atoms with Gasteiger partial charge in [0.05, 0.1) is 23.6 Å². The highest BCUT2D eigenvalue weighted by Gasteiger charge is 2.59. The summed E-state index contributed by atoms with van der Waals surface area (Å²) < 4.78 is 5.38. The van der Waals surface area contributed by atoms with E-state index in [0.29, 0.717) is 36.4 Å². The van der Waals surface area contributed by atoms with Crippen LogP contribution >= 0.6 is 11.6 Å². The average molecular weight is 499 g/mol. The molecule has 2 N–H and O–H groups in total. The highest BCUT2D eigenvalue weighted by Crippen LogP contribution is 2.47. The molecule has 5 atom stereocenters. The number of carbonyl (C=O) groups excluding carboxylic acids is 2. The molecule has 3 heterocycles. The van der Waals surface area contributed by atoms with Crippen LogP contribution in [0.15, 0.2) is 30.6 Å². The Balaban J connectivity index is 1.39. The number of halogens is 1. The molecule has 1 aliphatic carbocycles. The second-order valence-electron chi connectivity index (χ2n) is 9.86. The van der Waals surface area contributed by atoms with Crippen LogP contribution in [-0.2, 0) is 9.53 Å². The van der Waals surface area contributed by atoms with Crippen molar-refractivity contribution in [3.8, 4) is 0 Å². The number of ether oxygens (including phenoxy) is 1. The molecule has 186 valence electrons. The quantitative estimate of drug-likeness (QED) is 0.628. The van der Waals surface area contributed by atoms with E-state index < -0.39 is 12.2 Å². The van der Waals surface area contributed by atoms with Crippen molar-refractivity contribution in [1.82, 2.24) is 20.2 Å². The minimum atomic E-state index is -0.508. The number of hydrogen-bond acceptors (Lipinski definition) is 7. The number of anilines is 2. The van der Waals surface area contributed by atoms with Crippen molar-refractivity contribution < 1.29 is 14.3 Å². The lowest BCUT2D eigenvalue weighted by atomic mass is 9.96. The minimum Gasteiger partial charge on any atom is -0.441 e. The summed E-state index contributed by atoms with van der Waals surface area (Å²) in [6.07, 6.45) is 0.518. The third-order valence-corrected chi connectivity index (χ3v) is 7.47. The lowest BCUT2D eigenvalue weighted by molar-refractivity contribution is -0.134. The van der Waals surface area contributed by atoms with Crippen molar-refractivity contribution in [3.05, 3.63) is 46.7 Å². The molecule has 10 heteroatoms. The van der Waals surface area contributed by atoms with Gasteiger partial charge in [0.15, 0.2) is 0 Å². The van der Waals surface area contributed by atoms with Crippen molar-refractivity contribution in [2.45, 2.75) is 57.8 Å². The Labute approximate surface area is 210 Å². The molecule has 2 aromatic rings. The van der Waals surface area contributed by atoms with Gasteiger partial charge in [0.1, 0.15) is 24.1 Å². The average Bonchev–Trinajstić information content (AvgIpc) is 3.50. The molecule has 2 fully saturated rings. The fraction of sp³-hybridized carbons (Fsp3) is 0.520. The van der Waals surface area contributed by atoms with E-state index >= 15 is 0 Å². The number of nitrogens with zero attached hydrogens (tertiary/aromatic N) is 4. The summed E-state index contributed by atoms with van der Waals surface area (Å²) in [5.41, 5.74) is 1.75. The molecule has 9 nitrogen and oxygen atoms in total. The molecule has 5 rings (SSSR count). The van der Waals surface area contributed by atoms with Gasteiger partial charge in [0, 0.05) is 36.6 Å². The van der Waals surface area contributed by atoms with Crippen LogP contribution in [0.2, 0.25) is 5.02 Å². The molecule has 2 aliphatic heterocycles. The summed E-state index contributed by atoms with van der Waals surface area (Å²) in [5, 5.41) is 6.77. The third-order valence-electron chi connectivity index (χ3n) is 7.22. The second kappa shape index (κ2) is 9.28. The number of rotatable bonds is 6. The molecule has 0 spiro atoms. The molecule has 1 saturated heterocycles. The smallest absolute Gasteiger partial charge is 0.413 e. The van der Waals surface area contributed by atoms with Crippen LogP contribution in [-0.4, -0.2) is 64.6 Å². The normalized spacial score (nSPS) is 25.9. The van der Waals surface area contributed by atoms with Crippen LogP contribution in [0.25, 0.3) is 0 Å². The Kier molecular flexibility index (Phi) is 6.31. The van der Waals surface area contributed by atoms with Crippen LogP contribution in [0.4, 0.5) is 16.4 Å². The minimum absolute atomic E-state index is 0.102. The number of amides is 2. The van der Waals surface area contributed by atoms with Crippen LogP contribution in [0.5, 0.6) is 0 Å². The number of aromatic nitrogens is 2. The fourth-order valence-corrected chi connectivity index (χ4v) is 5.53. The first kappa shape index (κ1) is 23.8. The number of carbonyl (C=O) groups is 2. The summed E-state index contributed by atoms with van der Waals surface area (Å²) in [4.78, 5) is 38.8. The lowest BCUT2D eigenvalue weighted by Crippen LogP contribution is -2.51. The number of hydrogen-bond donors (Lipinski definition) is 2. The maximum absolute atomic E-state index is 13.9. The number of nitrogens with one attached hydrogen (secondary N) is 2. The first-order valence-electron chi connectivity index (χ1n) is 12.1. The molecule has 2 amide bonds. The molecule has 35 heavy (non-hydrogen) atoms. The SMILES string of the molecule is CC(C)NC[C@@H](C(=O)N1CCN(c2ncnc3c2[C@H](C)OC(=O)N3)[C@@H]2[C@H](C)[C@@H]21)c1ccc(Cl)cc1. The van der Waals surface area contributed by atoms with Crippen LogP contribution in [0, 0.1) is 5.92 Å². The first-order valence-corrected chi connectivity index (χ1v) is 12.5. The number of benzene rings is 1. The maximum atomic E-state index is 13.9. The van der Waals surface area contributed by atoms with Crippen molar-refractivity contribution in [3.63, 3.8) is 0 Å². The van der Waals surface area contributed by atoms with Crippen molar-refractivity contribution in [2.24, 2.45) is 5.92 Å². The summed E-state index contributed by atoms with van der Waals surface area (Å²) in [5.74, 6) is 1.40. The third kappa shape index (κ3) is 4.43. The van der Waals surface area contributed by atoms with Crippen LogP contribution in [0.1, 0.15) is 50.8 Å². The van der Waals surface area contributed by atoms with Crippen molar-refractivity contribution in [2.75, 3.05) is 29.9 Å². The predicted molar refractivity (Wildman–Crippen MR) is 134 cm³/mol. The van der Waals surface area contributed by atoms with E-state index in [0.717, 1.165) is 16.9 Å². The topological polar surface area (TPSA) is 99.7 Å². The van der Waals surface area contributed by atoms with E-state index in [1.165, 1.54) is 6.33 Å². The van der Waals surface area contributed by atoms with Gasteiger partial charge < -0.3 is 19.9 Å². The Morgan fingerprint density at radius 3 is 2.66 bits per heavy atom. The molecule has 1 aromatic carbocycles. The van der Waals surface area contributed by atoms with Gasteiger partial charge in [-0.2, -0.15) is 0 Å². The van der Waals surface area contributed by atoms with E-state index in [9.17, 15) is 9.59 Å². The Bertz CT molecular complexity index is 1130. The highest BCUT2D eigenvalue weighted by molar-refractivity contribution is 6.30. The molecule has 0 radical (unpaired) electrons. The monoisotopic (exact) mass is 498 g/mol. The van der Waals surface area contributed by atoms with Gasteiger partial charge in [0.25, 0.3) is 0 Å². The Morgan fingerprint density at radius 2 is 1.94 bits per heavy atom. The van der Waals surface area contributed by atoms with Gasteiger partial charge in [-0.25, -0.2) is 14.8 Å². The van der Waals surface area contributed by atoms with E-state index in [4.69, 9.17) is 16.3 Å². The van der Waals surface area contributed by atoms with Gasteiger partial charge in [-0.3, -0.25) is 10.1 Å². The van der Waals surface area contributed by atoms with Crippen LogP contribution in [0.3, 0.4) is 0 Å². The molecule has 0 unspecified atom stereocenters. The first-order chi connectivity index (χ1) is 16.8. The zero-order valence-electron chi connectivity index (χ0n) is 20.4. The number of fused-ring (bicyclic) bond motifs is 2. The van der Waals surface area contributed by atoms with Crippen LogP contribution < -0.4 is 15.5 Å². The van der Waals surface area contributed by atoms with Gasteiger partial charge in [-0.15, -0.1) is 0 Å². The number of piperazine rings is 1. The van der Waals surface area contributed by atoms with Gasteiger partial charge >= 0.3 is 6.09 Å². The van der Waals surface area contributed by atoms with E-state index in [1.807, 2.05) is 36.1 Å². The van der Waals surface area contributed by atoms with Crippen molar-refractivity contribution >= 4 is 35.2 Å². The lowest BCUT2D eigenvalue weighted by Gasteiger charge is -2.38. The zero-order chi connectivity index (χ0) is 24.9. The Hall–Kier alpha value is -2.91. The predicted octanol–water partition coefficient (Wildman–Crippen LogP) is 3.57. The molecule has 3 aliphatic rings. The van der Waals surface area contributed by atoms with E-state index in [-0.39, 0.29) is 30.0 Å². The highest BCUT2D eigenvalue weighted by atomic mass is 35.5. The molecule has 1 aromatic heterocycles. The van der Waals surface area contributed by atoms with E-state index in [2.05, 4.69) is 46.3 Å². The fourth-order valence-electron chi connectivity index (χ4n) is 5.41. The van der Waals surface area contributed by atoms with Crippen molar-refractivity contribution in [1.29, 1.82) is 0 Å².